The van der Waals surface area contributed by atoms with Crippen LogP contribution in [0.2, 0.25) is 0 Å². The molecular weight excluding hydrogens is 498 g/mol. The first-order valence-corrected chi connectivity index (χ1v) is 12.4. The number of nitrogens with zero attached hydrogens (tertiary/aromatic N) is 3. The van der Waals surface area contributed by atoms with Gasteiger partial charge in [-0.2, -0.15) is 0 Å². The lowest BCUT2D eigenvalue weighted by Gasteiger charge is -2.57. The van der Waals surface area contributed by atoms with Crippen molar-refractivity contribution in [1.82, 2.24) is 19.7 Å². The maximum Gasteiger partial charge on any atom is 0.295 e. The van der Waals surface area contributed by atoms with Crippen molar-refractivity contribution < 1.29 is 28.2 Å². The molecule has 5 N–H and O–H groups in total. The maximum atomic E-state index is 13.7. The summed E-state index contributed by atoms with van der Waals surface area (Å²) in [5.74, 6) is -1.40. The Balaban J connectivity index is 1.20. The summed E-state index contributed by atoms with van der Waals surface area (Å²) < 4.78 is 34.5. The maximum absolute atomic E-state index is 13.7. The molecule has 0 aromatic carbocycles. The van der Waals surface area contributed by atoms with Gasteiger partial charge in [-0.1, -0.05) is 0 Å². The molecule has 3 aromatic heterocycles. The van der Waals surface area contributed by atoms with Crippen molar-refractivity contribution in [2.24, 2.45) is 11.1 Å². The average Bonchev–Trinajstić information content (AvgIpc) is 3.19. The quantitative estimate of drug-likeness (QED) is 0.334. The molecule has 0 aliphatic heterocycles. The molecule has 2 aliphatic rings. The minimum Gasteiger partial charge on any atom is -0.474 e. The van der Waals surface area contributed by atoms with Crippen LogP contribution in [0.3, 0.4) is 0 Å². The van der Waals surface area contributed by atoms with E-state index in [0.717, 1.165) is 25.7 Å². The van der Waals surface area contributed by atoms with Crippen LogP contribution in [-0.2, 0) is 0 Å². The second kappa shape index (κ2) is 9.50. The molecular formula is C26H30F2N6O4. The molecule has 2 aliphatic carbocycles. The highest BCUT2D eigenvalue weighted by atomic mass is 19.3. The van der Waals surface area contributed by atoms with E-state index in [4.69, 9.17) is 10.5 Å². The number of aromatic nitrogens is 3. The molecule has 0 bridgehead atoms. The van der Waals surface area contributed by atoms with E-state index < -0.39 is 29.7 Å². The minimum atomic E-state index is -2.87. The van der Waals surface area contributed by atoms with Crippen molar-refractivity contribution >= 4 is 23.0 Å². The van der Waals surface area contributed by atoms with Crippen LogP contribution in [0.25, 0.3) is 5.52 Å². The Morgan fingerprint density at radius 2 is 2.00 bits per heavy atom. The number of fused-ring (bicyclic) bond motifs is 1. The largest absolute Gasteiger partial charge is 0.474 e. The Morgan fingerprint density at radius 1 is 1.26 bits per heavy atom. The van der Waals surface area contributed by atoms with Gasteiger partial charge in [-0.15, -0.1) is 0 Å². The molecule has 202 valence electrons. The number of aliphatic hydroxyl groups is 1. The van der Waals surface area contributed by atoms with Crippen LogP contribution in [-0.4, -0.2) is 55.6 Å². The number of hydrogen-bond donors (Lipinski definition) is 4. The van der Waals surface area contributed by atoms with E-state index in [1.165, 1.54) is 16.8 Å². The molecule has 0 radical (unpaired) electrons. The van der Waals surface area contributed by atoms with Gasteiger partial charge in [-0.25, -0.2) is 18.7 Å². The summed E-state index contributed by atoms with van der Waals surface area (Å²) in [4.78, 5) is 32.6. The predicted octanol–water partition coefficient (Wildman–Crippen LogP) is 3.07. The van der Waals surface area contributed by atoms with Gasteiger partial charge in [0, 0.05) is 25.0 Å². The molecule has 5 rings (SSSR count). The van der Waals surface area contributed by atoms with Crippen molar-refractivity contribution in [3.8, 4) is 5.88 Å². The number of amides is 2. The van der Waals surface area contributed by atoms with Crippen molar-refractivity contribution in [2.45, 2.75) is 63.7 Å². The molecule has 0 saturated heterocycles. The summed E-state index contributed by atoms with van der Waals surface area (Å²) in [6, 6.07) is 6.32. The van der Waals surface area contributed by atoms with Gasteiger partial charge in [0.25, 0.3) is 18.2 Å². The number of halogens is 2. The van der Waals surface area contributed by atoms with E-state index >= 15 is 0 Å². The van der Waals surface area contributed by atoms with Gasteiger partial charge in [-0.3, -0.25) is 14.0 Å². The van der Waals surface area contributed by atoms with Gasteiger partial charge in [0.15, 0.2) is 11.5 Å². The number of imidazole rings is 1. The number of nitrogens with one attached hydrogen (secondary N) is 2. The topological polar surface area (TPSA) is 144 Å². The zero-order valence-electron chi connectivity index (χ0n) is 21.1. The summed E-state index contributed by atoms with van der Waals surface area (Å²) in [7, 11) is 0. The summed E-state index contributed by atoms with van der Waals surface area (Å²) >= 11 is 0. The van der Waals surface area contributed by atoms with Crippen LogP contribution in [0.4, 0.5) is 14.5 Å². The van der Waals surface area contributed by atoms with E-state index in [9.17, 15) is 23.5 Å². The van der Waals surface area contributed by atoms with Gasteiger partial charge >= 0.3 is 0 Å². The summed E-state index contributed by atoms with van der Waals surface area (Å²) in [5, 5.41) is 15.8. The first kappa shape index (κ1) is 25.8. The molecule has 2 fully saturated rings. The van der Waals surface area contributed by atoms with Crippen LogP contribution in [0.1, 0.15) is 72.6 Å². The van der Waals surface area contributed by atoms with Gasteiger partial charge in [0.05, 0.1) is 16.8 Å². The van der Waals surface area contributed by atoms with E-state index in [2.05, 4.69) is 20.6 Å². The first-order chi connectivity index (χ1) is 17.9. The standard InChI is InChI=1S/C26H30F2N6O4/c1-25(2,37)13-31-14-5-6-18-19(33-22(20(27)28)34(18)12-14)23(36)32-15-8-26(9-15)10-16(11-26)38-24-17(21(29)35)4-3-7-30-24/h3-7,12,15-16,20,31,37H,8-11,13H2,1-2H3,(H2,29,35)(H,32,36). The lowest BCUT2D eigenvalue weighted by molar-refractivity contribution is -0.0848. The second-order valence-corrected chi connectivity index (χ2v) is 10.9. The van der Waals surface area contributed by atoms with Crippen molar-refractivity contribution in [3.05, 3.63) is 53.7 Å². The number of nitrogens with two attached hydrogens (primary N) is 1. The van der Waals surface area contributed by atoms with Crippen molar-refractivity contribution in [1.29, 1.82) is 0 Å². The number of carbonyl (C=O) groups is 2. The number of anilines is 1. The first-order valence-electron chi connectivity index (χ1n) is 12.4. The van der Waals surface area contributed by atoms with Crippen LogP contribution < -0.4 is 21.1 Å². The fourth-order valence-corrected chi connectivity index (χ4v) is 5.35. The molecule has 38 heavy (non-hydrogen) atoms. The number of primary amides is 1. The number of ether oxygens (including phenoxy) is 1. The van der Waals surface area contributed by atoms with E-state index in [1.54, 1.807) is 38.1 Å². The highest BCUT2D eigenvalue weighted by Crippen LogP contribution is 2.56. The Hall–Kier alpha value is -3.80. The van der Waals surface area contributed by atoms with Crippen LogP contribution in [0, 0.1) is 5.41 Å². The van der Waals surface area contributed by atoms with Crippen LogP contribution >= 0.6 is 0 Å². The average molecular weight is 529 g/mol. The third kappa shape index (κ3) is 5.13. The number of carbonyl (C=O) groups excluding carboxylic acids is 2. The third-order valence-electron chi connectivity index (χ3n) is 7.13. The monoisotopic (exact) mass is 528 g/mol. The molecule has 3 heterocycles. The second-order valence-electron chi connectivity index (χ2n) is 10.9. The van der Waals surface area contributed by atoms with Gasteiger partial charge < -0.3 is 26.2 Å². The Labute approximate surface area is 217 Å². The number of rotatable bonds is 9. The van der Waals surface area contributed by atoms with E-state index in [0.29, 0.717) is 5.69 Å². The number of hydrogen-bond acceptors (Lipinski definition) is 7. The summed E-state index contributed by atoms with van der Waals surface area (Å²) in [6.07, 6.45) is 3.02. The lowest BCUT2D eigenvalue weighted by atomic mass is 9.53. The fraction of sp³-hybridized carbons (Fsp3) is 0.462. The van der Waals surface area contributed by atoms with E-state index in [1.807, 2.05) is 0 Å². The molecule has 0 atom stereocenters. The smallest absolute Gasteiger partial charge is 0.295 e. The predicted molar refractivity (Wildman–Crippen MR) is 134 cm³/mol. The van der Waals surface area contributed by atoms with Crippen LogP contribution in [0.5, 0.6) is 5.88 Å². The zero-order chi connectivity index (χ0) is 27.2. The number of alkyl halides is 2. The number of pyridine rings is 2. The zero-order valence-corrected chi connectivity index (χ0v) is 21.1. The molecule has 3 aromatic rings. The summed E-state index contributed by atoms with van der Waals surface area (Å²) in [5.41, 5.74) is 5.41. The molecule has 12 heteroatoms. The van der Waals surface area contributed by atoms with Gasteiger partial charge in [0.2, 0.25) is 5.88 Å². The fourth-order valence-electron chi connectivity index (χ4n) is 5.35. The molecule has 1 spiro atoms. The minimum absolute atomic E-state index is 0.0374. The van der Waals surface area contributed by atoms with E-state index in [-0.39, 0.29) is 46.8 Å². The Kier molecular flexibility index (Phi) is 6.46. The van der Waals surface area contributed by atoms with Crippen LogP contribution in [0.15, 0.2) is 36.7 Å². The normalized spacial score (nSPS) is 22.7. The lowest BCUT2D eigenvalue weighted by Crippen LogP contribution is -2.58. The van der Waals surface area contributed by atoms with Crippen molar-refractivity contribution in [3.63, 3.8) is 0 Å². The highest BCUT2D eigenvalue weighted by molar-refractivity contribution is 5.99. The molecule has 2 amide bonds. The highest BCUT2D eigenvalue weighted by Gasteiger charge is 2.54. The van der Waals surface area contributed by atoms with Gasteiger partial charge in [0.1, 0.15) is 11.7 Å². The van der Waals surface area contributed by atoms with Gasteiger partial charge in [-0.05, 0) is 69.2 Å². The third-order valence-corrected chi connectivity index (χ3v) is 7.13. The Morgan fingerprint density at radius 3 is 2.66 bits per heavy atom. The summed E-state index contributed by atoms with van der Waals surface area (Å²) in [6.45, 7) is 3.48. The molecule has 10 nitrogen and oxygen atoms in total. The Bertz CT molecular complexity index is 1370. The van der Waals surface area contributed by atoms with Crippen molar-refractivity contribution in [2.75, 3.05) is 11.9 Å². The molecule has 2 saturated carbocycles. The SMILES string of the molecule is CC(C)(O)CNc1ccc2c(C(=O)NC3CC4(C3)CC(Oc3ncccc3C(N)=O)C4)nc(C(F)F)n2c1. The molecule has 0 unspecified atom stereocenters.